The van der Waals surface area contributed by atoms with Crippen LogP contribution in [0.1, 0.15) is 27.2 Å². The first-order chi connectivity index (χ1) is 13.7. The van der Waals surface area contributed by atoms with E-state index < -0.39 is 6.04 Å². The highest BCUT2D eigenvalue weighted by atomic mass is 32.1. The molecular formula is C23H22N2O2S. The van der Waals surface area contributed by atoms with Crippen molar-refractivity contribution >= 4 is 28.8 Å². The molecule has 3 aromatic rings. The summed E-state index contributed by atoms with van der Waals surface area (Å²) in [7, 11) is 0. The first-order valence-corrected chi connectivity index (χ1v) is 10.4. The zero-order chi connectivity index (χ0) is 19.3. The third-order valence-corrected chi connectivity index (χ3v) is 5.88. The highest BCUT2D eigenvalue weighted by Gasteiger charge is 2.30. The molecule has 1 aliphatic heterocycles. The minimum Gasteiger partial charge on any atom is -0.339 e. The van der Waals surface area contributed by atoms with Gasteiger partial charge in [-0.3, -0.25) is 9.59 Å². The highest BCUT2D eigenvalue weighted by Crippen LogP contribution is 2.27. The molecule has 4 rings (SSSR count). The number of carbonyl (C=O) groups is 2. The van der Waals surface area contributed by atoms with Crippen molar-refractivity contribution in [3.63, 3.8) is 0 Å². The van der Waals surface area contributed by atoms with Gasteiger partial charge in [0.25, 0.3) is 5.91 Å². The van der Waals surface area contributed by atoms with E-state index in [0.29, 0.717) is 17.8 Å². The van der Waals surface area contributed by atoms with Gasteiger partial charge in [0, 0.05) is 18.7 Å². The number of amides is 2. The van der Waals surface area contributed by atoms with Crippen LogP contribution in [-0.4, -0.2) is 24.4 Å². The van der Waals surface area contributed by atoms with Gasteiger partial charge in [0.15, 0.2) is 0 Å². The fourth-order valence-corrected chi connectivity index (χ4v) is 4.26. The van der Waals surface area contributed by atoms with Gasteiger partial charge in [-0.2, -0.15) is 0 Å². The average Bonchev–Trinajstić information content (AvgIpc) is 3.28. The van der Waals surface area contributed by atoms with Gasteiger partial charge in [-0.1, -0.05) is 54.6 Å². The van der Waals surface area contributed by atoms with Crippen molar-refractivity contribution in [1.82, 2.24) is 5.32 Å². The van der Waals surface area contributed by atoms with Crippen molar-refractivity contribution in [2.75, 3.05) is 11.4 Å². The molecule has 1 aromatic heterocycles. The molecule has 0 radical (unpaired) electrons. The lowest BCUT2D eigenvalue weighted by Gasteiger charge is -2.32. The standard InChI is InChI=1S/C23H22N2O2S/c26-22(21-13-7-15-28-21)24-19(16-17-8-2-1-3-9-17)23(27)25-14-6-11-18-10-4-5-12-20(18)25/h1-5,7-10,12-13,15,19H,6,11,14,16H2,(H,24,26). The monoisotopic (exact) mass is 390 g/mol. The Balaban J connectivity index is 1.61. The molecule has 4 nitrogen and oxygen atoms in total. The smallest absolute Gasteiger partial charge is 0.262 e. The Labute approximate surface area is 168 Å². The molecule has 142 valence electrons. The molecule has 0 aliphatic carbocycles. The lowest BCUT2D eigenvalue weighted by Crippen LogP contribution is -2.51. The van der Waals surface area contributed by atoms with Gasteiger partial charge in [0.1, 0.15) is 6.04 Å². The Bertz CT molecular complexity index is 954. The van der Waals surface area contributed by atoms with E-state index in [4.69, 9.17) is 0 Å². The third kappa shape index (κ3) is 3.99. The summed E-state index contributed by atoms with van der Waals surface area (Å²) < 4.78 is 0. The van der Waals surface area contributed by atoms with E-state index in [1.54, 1.807) is 6.07 Å². The van der Waals surface area contributed by atoms with Gasteiger partial charge in [-0.05, 0) is 41.5 Å². The van der Waals surface area contributed by atoms with Crippen LogP contribution in [-0.2, 0) is 17.6 Å². The van der Waals surface area contributed by atoms with Gasteiger partial charge in [-0.25, -0.2) is 0 Å². The van der Waals surface area contributed by atoms with Gasteiger partial charge in [0.05, 0.1) is 4.88 Å². The van der Waals surface area contributed by atoms with Gasteiger partial charge < -0.3 is 10.2 Å². The van der Waals surface area contributed by atoms with Crippen LogP contribution in [0.15, 0.2) is 72.1 Å². The minimum atomic E-state index is -0.608. The summed E-state index contributed by atoms with van der Waals surface area (Å²) in [5.74, 6) is -0.254. The maximum atomic E-state index is 13.5. The molecule has 2 heterocycles. The zero-order valence-corrected chi connectivity index (χ0v) is 16.3. The number of thiophene rings is 1. The Morgan fingerprint density at radius 1 is 1.00 bits per heavy atom. The Morgan fingerprint density at radius 3 is 2.57 bits per heavy atom. The number of nitrogens with zero attached hydrogens (tertiary/aromatic N) is 1. The molecule has 0 fully saturated rings. The molecule has 28 heavy (non-hydrogen) atoms. The van der Waals surface area contributed by atoms with Gasteiger partial charge in [-0.15, -0.1) is 11.3 Å². The number of benzene rings is 2. The van der Waals surface area contributed by atoms with E-state index in [2.05, 4.69) is 11.4 Å². The van der Waals surface area contributed by atoms with Crippen LogP contribution in [0.4, 0.5) is 5.69 Å². The van der Waals surface area contributed by atoms with Crippen LogP contribution in [0.5, 0.6) is 0 Å². The van der Waals surface area contributed by atoms with Crippen molar-refractivity contribution in [2.24, 2.45) is 0 Å². The van der Waals surface area contributed by atoms with Gasteiger partial charge >= 0.3 is 0 Å². The Kier molecular flexibility index (Phi) is 5.53. The summed E-state index contributed by atoms with van der Waals surface area (Å²) in [6.45, 7) is 0.677. The van der Waals surface area contributed by atoms with Crippen LogP contribution in [0.25, 0.3) is 0 Å². The number of para-hydroxylation sites is 1. The molecule has 0 bridgehead atoms. The maximum Gasteiger partial charge on any atom is 0.262 e. The van der Waals surface area contributed by atoms with Crippen molar-refractivity contribution in [2.45, 2.75) is 25.3 Å². The first-order valence-electron chi connectivity index (χ1n) is 9.50. The number of hydrogen-bond donors (Lipinski definition) is 1. The molecule has 1 atom stereocenters. The second-order valence-electron chi connectivity index (χ2n) is 6.92. The lowest BCUT2D eigenvalue weighted by molar-refractivity contribution is -0.120. The predicted molar refractivity (Wildman–Crippen MR) is 113 cm³/mol. The van der Waals surface area contributed by atoms with Crippen LogP contribution in [0.3, 0.4) is 0 Å². The largest absolute Gasteiger partial charge is 0.339 e. The number of carbonyl (C=O) groups excluding carboxylic acids is 2. The number of aryl methyl sites for hydroxylation is 1. The van der Waals surface area contributed by atoms with Crippen molar-refractivity contribution in [3.05, 3.63) is 88.1 Å². The fourth-order valence-electron chi connectivity index (χ4n) is 3.64. The zero-order valence-electron chi connectivity index (χ0n) is 15.5. The summed E-state index contributed by atoms with van der Waals surface area (Å²) in [6.07, 6.45) is 2.37. The molecule has 5 heteroatoms. The van der Waals surface area contributed by atoms with Gasteiger partial charge in [0.2, 0.25) is 5.91 Å². The second kappa shape index (κ2) is 8.40. The van der Waals surface area contributed by atoms with E-state index in [9.17, 15) is 9.59 Å². The van der Waals surface area contributed by atoms with Crippen LogP contribution >= 0.6 is 11.3 Å². The third-order valence-electron chi connectivity index (χ3n) is 5.01. The van der Waals surface area contributed by atoms with E-state index >= 15 is 0 Å². The molecule has 0 saturated heterocycles. The molecule has 0 saturated carbocycles. The molecule has 1 unspecified atom stereocenters. The number of rotatable bonds is 5. The summed E-state index contributed by atoms with van der Waals surface area (Å²) in [6, 6.07) is 20.9. The van der Waals surface area contributed by atoms with Crippen LogP contribution in [0, 0.1) is 0 Å². The number of nitrogens with one attached hydrogen (secondary N) is 1. The van der Waals surface area contributed by atoms with E-state index in [-0.39, 0.29) is 11.8 Å². The SMILES string of the molecule is O=C(NC(Cc1ccccc1)C(=O)N1CCCc2ccccc21)c1cccs1. The quantitative estimate of drug-likeness (QED) is 0.714. The van der Waals surface area contributed by atoms with Crippen molar-refractivity contribution < 1.29 is 9.59 Å². The molecule has 1 N–H and O–H groups in total. The summed E-state index contributed by atoms with van der Waals surface area (Å²) in [5, 5.41) is 4.84. The van der Waals surface area contributed by atoms with E-state index in [1.165, 1.54) is 16.9 Å². The Morgan fingerprint density at radius 2 is 1.79 bits per heavy atom. The molecular weight excluding hydrogens is 368 g/mol. The normalized spacial score (nSPS) is 14.2. The van der Waals surface area contributed by atoms with Crippen LogP contribution in [0.2, 0.25) is 0 Å². The van der Waals surface area contributed by atoms with Crippen LogP contribution < -0.4 is 10.2 Å². The first kappa shape index (κ1) is 18.4. The minimum absolute atomic E-state index is 0.0547. The average molecular weight is 391 g/mol. The Hall–Kier alpha value is -2.92. The maximum absolute atomic E-state index is 13.5. The van der Waals surface area contributed by atoms with Crippen molar-refractivity contribution in [1.29, 1.82) is 0 Å². The summed E-state index contributed by atoms with van der Waals surface area (Å²) in [4.78, 5) is 28.6. The number of hydrogen-bond acceptors (Lipinski definition) is 3. The van der Waals surface area contributed by atoms with Crippen molar-refractivity contribution in [3.8, 4) is 0 Å². The molecule has 0 spiro atoms. The molecule has 2 aromatic carbocycles. The topological polar surface area (TPSA) is 49.4 Å². The molecule has 2 amide bonds. The fraction of sp³-hybridized carbons (Fsp3) is 0.217. The molecule has 1 aliphatic rings. The number of fused-ring (bicyclic) bond motifs is 1. The highest BCUT2D eigenvalue weighted by molar-refractivity contribution is 7.12. The number of anilines is 1. The lowest BCUT2D eigenvalue weighted by atomic mass is 9.99. The summed E-state index contributed by atoms with van der Waals surface area (Å²) in [5.41, 5.74) is 3.17. The second-order valence-corrected chi connectivity index (χ2v) is 7.86. The predicted octanol–water partition coefficient (Wildman–Crippen LogP) is 4.07. The van der Waals surface area contributed by atoms with E-state index in [1.807, 2.05) is 64.9 Å². The summed E-state index contributed by atoms with van der Waals surface area (Å²) >= 11 is 1.38. The van der Waals surface area contributed by atoms with E-state index in [0.717, 1.165) is 24.1 Å².